The van der Waals surface area contributed by atoms with Crippen LogP contribution in [0.5, 0.6) is 5.75 Å². The van der Waals surface area contributed by atoms with Crippen LogP contribution in [0.4, 0.5) is 6.01 Å². The lowest BCUT2D eigenvalue weighted by atomic mass is 10.2. The summed E-state index contributed by atoms with van der Waals surface area (Å²) >= 11 is 0. The van der Waals surface area contributed by atoms with Crippen LogP contribution in [0.15, 0.2) is 57.8 Å². The minimum absolute atomic E-state index is 0.0721. The van der Waals surface area contributed by atoms with Gasteiger partial charge < -0.3 is 9.15 Å². The Hall–Kier alpha value is -3.24. The van der Waals surface area contributed by atoms with E-state index in [1.165, 1.54) is 35.7 Å². The highest BCUT2D eigenvalue weighted by atomic mass is 32.2. The molecule has 10 heteroatoms. The normalized spacial score (nSPS) is 15.2. The smallest absolute Gasteiger partial charge is 0.322 e. The lowest BCUT2D eigenvalue weighted by Gasteiger charge is -2.19. The van der Waals surface area contributed by atoms with Crippen molar-refractivity contribution < 1.29 is 22.4 Å². The number of hydrogen-bond donors (Lipinski definition) is 1. The molecule has 1 aromatic heterocycles. The quantitative estimate of drug-likeness (QED) is 0.603. The Morgan fingerprint density at radius 1 is 1.00 bits per heavy atom. The Kier molecular flexibility index (Phi) is 6.52. The highest BCUT2D eigenvalue weighted by Gasteiger charge is 2.25. The highest BCUT2D eigenvalue weighted by Crippen LogP contribution is 2.29. The molecule has 2 aromatic carbocycles. The highest BCUT2D eigenvalue weighted by molar-refractivity contribution is 7.89. The molecular weight excluding hydrogens is 432 g/mol. The van der Waals surface area contributed by atoms with Gasteiger partial charge in [0.25, 0.3) is 11.8 Å². The maximum absolute atomic E-state index is 12.9. The van der Waals surface area contributed by atoms with Gasteiger partial charge in [-0.25, -0.2) is 8.42 Å². The van der Waals surface area contributed by atoms with E-state index in [-0.39, 0.29) is 22.4 Å². The van der Waals surface area contributed by atoms with Gasteiger partial charge >= 0.3 is 6.01 Å². The molecule has 168 valence electrons. The summed E-state index contributed by atoms with van der Waals surface area (Å²) in [6, 6.07) is 12.9. The molecule has 32 heavy (non-hydrogen) atoms. The molecule has 1 N–H and O–H groups in total. The van der Waals surface area contributed by atoms with Crippen LogP contribution in [-0.2, 0) is 10.0 Å². The van der Waals surface area contributed by atoms with Crippen molar-refractivity contribution in [2.45, 2.75) is 30.6 Å². The van der Waals surface area contributed by atoms with Crippen LogP contribution in [0.3, 0.4) is 0 Å². The molecular formula is C22H24N4O5S. The molecule has 1 aliphatic rings. The Bertz CT molecular complexity index is 1180. The van der Waals surface area contributed by atoms with E-state index in [1.807, 2.05) is 12.1 Å². The second kappa shape index (κ2) is 9.49. The van der Waals surface area contributed by atoms with Crippen LogP contribution in [0.2, 0.25) is 0 Å². The van der Waals surface area contributed by atoms with Gasteiger partial charge in [0.1, 0.15) is 5.75 Å². The number of rotatable bonds is 6. The summed E-state index contributed by atoms with van der Waals surface area (Å²) in [7, 11) is -2.04. The first-order chi connectivity index (χ1) is 15.5. The minimum Gasteiger partial charge on any atom is -0.496 e. The average molecular weight is 457 g/mol. The zero-order chi connectivity index (χ0) is 22.6. The Morgan fingerprint density at radius 3 is 2.38 bits per heavy atom. The predicted octanol–water partition coefficient (Wildman–Crippen LogP) is 3.56. The monoisotopic (exact) mass is 456 g/mol. The van der Waals surface area contributed by atoms with Crippen molar-refractivity contribution in [2.75, 3.05) is 25.5 Å². The van der Waals surface area contributed by atoms with Gasteiger partial charge in [0.05, 0.1) is 17.6 Å². The van der Waals surface area contributed by atoms with Gasteiger partial charge in [-0.2, -0.15) is 4.31 Å². The van der Waals surface area contributed by atoms with Crippen LogP contribution in [0, 0.1) is 0 Å². The fraction of sp³-hybridized carbons (Fsp3) is 0.318. The van der Waals surface area contributed by atoms with Crippen LogP contribution >= 0.6 is 0 Å². The lowest BCUT2D eigenvalue weighted by molar-refractivity contribution is 0.102. The summed E-state index contributed by atoms with van der Waals surface area (Å²) in [5, 5.41) is 10.3. The summed E-state index contributed by atoms with van der Waals surface area (Å²) in [6.07, 6.45) is 3.81. The molecule has 0 radical (unpaired) electrons. The molecule has 1 aliphatic heterocycles. The number of nitrogens with zero attached hydrogens (tertiary/aromatic N) is 3. The number of nitrogens with one attached hydrogen (secondary N) is 1. The van der Waals surface area contributed by atoms with Gasteiger partial charge in [0, 0.05) is 18.7 Å². The first-order valence-electron chi connectivity index (χ1n) is 10.4. The fourth-order valence-electron chi connectivity index (χ4n) is 3.58. The maximum Gasteiger partial charge on any atom is 0.322 e. The van der Waals surface area contributed by atoms with Crippen molar-refractivity contribution in [3.8, 4) is 17.2 Å². The van der Waals surface area contributed by atoms with Crippen LogP contribution in [-0.4, -0.2) is 49.0 Å². The van der Waals surface area contributed by atoms with Gasteiger partial charge in [-0.05, 0) is 49.2 Å². The summed E-state index contributed by atoms with van der Waals surface area (Å²) in [5.41, 5.74) is 0.878. The molecule has 0 spiro atoms. The number of carbonyl (C=O) groups excluding carboxylic acids is 1. The largest absolute Gasteiger partial charge is 0.496 e. The molecule has 1 fully saturated rings. The molecule has 1 amide bonds. The second-order valence-corrected chi connectivity index (χ2v) is 9.35. The number of ether oxygens (including phenoxy) is 1. The van der Waals surface area contributed by atoms with E-state index in [9.17, 15) is 13.2 Å². The Balaban J connectivity index is 1.46. The standard InChI is InChI=1S/C22H24N4O5S/c1-30-19-9-5-4-8-18(19)21-24-25-22(31-21)23-20(27)16-10-12-17(13-11-16)32(28,29)26-14-6-2-3-7-15-26/h4-5,8-13H,2-3,6-7,14-15H2,1H3,(H,23,25,27). The Labute approximate surface area is 186 Å². The van der Waals surface area contributed by atoms with Crippen molar-refractivity contribution in [1.82, 2.24) is 14.5 Å². The lowest BCUT2D eigenvalue weighted by Crippen LogP contribution is -2.31. The number of para-hydroxylation sites is 1. The minimum atomic E-state index is -3.57. The van der Waals surface area contributed by atoms with Crippen molar-refractivity contribution >= 4 is 21.9 Å². The topological polar surface area (TPSA) is 115 Å². The average Bonchev–Trinajstić information content (AvgIpc) is 3.09. The zero-order valence-electron chi connectivity index (χ0n) is 17.7. The van der Waals surface area contributed by atoms with Crippen molar-refractivity contribution in [1.29, 1.82) is 0 Å². The number of anilines is 1. The van der Waals surface area contributed by atoms with Crippen molar-refractivity contribution in [3.63, 3.8) is 0 Å². The Morgan fingerprint density at radius 2 is 1.69 bits per heavy atom. The van der Waals surface area contributed by atoms with Crippen molar-refractivity contribution in [2.24, 2.45) is 0 Å². The van der Waals surface area contributed by atoms with Gasteiger partial charge in [-0.15, -0.1) is 5.10 Å². The van der Waals surface area contributed by atoms with Crippen LogP contribution in [0.25, 0.3) is 11.5 Å². The summed E-state index contributed by atoms with van der Waals surface area (Å²) in [4.78, 5) is 12.7. The van der Waals surface area contributed by atoms with E-state index in [1.54, 1.807) is 12.1 Å². The van der Waals surface area contributed by atoms with E-state index in [0.717, 1.165) is 25.7 Å². The van der Waals surface area contributed by atoms with Gasteiger partial charge in [-0.1, -0.05) is 30.1 Å². The molecule has 0 saturated carbocycles. The third-order valence-electron chi connectivity index (χ3n) is 5.30. The maximum atomic E-state index is 12.9. The van der Waals surface area contributed by atoms with E-state index >= 15 is 0 Å². The first-order valence-corrected chi connectivity index (χ1v) is 11.8. The molecule has 0 unspecified atom stereocenters. The van der Waals surface area contributed by atoms with Crippen molar-refractivity contribution in [3.05, 3.63) is 54.1 Å². The van der Waals surface area contributed by atoms with Crippen LogP contribution < -0.4 is 10.1 Å². The number of hydrogen-bond acceptors (Lipinski definition) is 7. The second-order valence-electron chi connectivity index (χ2n) is 7.41. The third kappa shape index (κ3) is 4.66. The summed E-state index contributed by atoms with van der Waals surface area (Å²) in [5.74, 6) is 0.283. The van der Waals surface area contributed by atoms with Crippen LogP contribution in [0.1, 0.15) is 36.0 Å². The molecule has 1 saturated heterocycles. The van der Waals surface area contributed by atoms with E-state index in [0.29, 0.717) is 24.4 Å². The summed E-state index contributed by atoms with van der Waals surface area (Å²) < 4.78 is 38.1. The van der Waals surface area contributed by atoms with E-state index < -0.39 is 15.9 Å². The predicted molar refractivity (Wildman–Crippen MR) is 118 cm³/mol. The fourth-order valence-corrected chi connectivity index (χ4v) is 5.10. The van der Waals surface area contributed by atoms with Gasteiger partial charge in [0.15, 0.2) is 0 Å². The molecule has 9 nitrogen and oxygen atoms in total. The number of aromatic nitrogens is 2. The van der Waals surface area contributed by atoms with Gasteiger partial charge in [0.2, 0.25) is 10.0 Å². The number of sulfonamides is 1. The molecule has 4 rings (SSSR count). The zero-order valence-corrected chi connectivity index (χ0v) is 18.5. The first kappa shape index (κ1) is 22.0. The molecule has 0 bridgehead atoms. The van der Waals surface area contributed by atoms with E-state index in [4.69, 9.17) is 9.15 Å². The van der Waals surface area contributed by atoms with E-state index in [2.05, 4.69) is 15.5 Å². The third-order valence-corrected chi connectivity index (χ3v) is 7.22. The summed E-state index contributed by atoms with van der Waals surface area (Å²) in [6.45, 7) is 1.05. The van der Waals surface area contributed by atoms with Gasteiger partial charge in [-0.3, -0.25) is 10.1 Å². The molecule has 0 aliphatic carbocycles. The molecule has 0 atom stereocenters. The number of methoxy groups -OCH3 is 1. The number of amides is 1. The molecule has 2 heterocycles. The SMILES string of the molecule is COc1ccccc1-c1nnc(NC(=O)c2ccc(S(=O)(=O)N3CCCCCC3)cc2)o1. The number of carbonyl (C=O) groups is 1. The number of benzene rings is 2. The molecule has 3 aromatic rings.